The summed E-state index contributed by atoms with van der Waals surface area (Å²) in [5.74, 6) is -0.786. The first kappa shape index (κ1) is 13.9. The molecule has 9 heteroatoms. The summed E-state index contributed by atoms with van der Waals surface area (Å²) in [6.07, 6.45) is -3.57. The molecule has 0 radical (unpaired) electrons. The maximum absolute atomic E-state index is 13.2. The zero-order valence-electron chi connectivity index (χ0n) is 10.6. The van der Waals surface area contributed by atoms with Crippen molar-refractivity contribution in [1.82, 2.24) is 9.78 Å². The number of alkyl halides is 3. The summed E-state index contributed by atoms with van der Waals surface area (Å²) < 4.78 is 40.5. The lowest BCUT2D eigenvalue weighted by molar-refractivity contribution is -0.173. The number of halogens is 3. The molecule has 21 heavy (non-hydrogen) atoms. The number of thiophene rings is 1. The van der Waals surface area contributed by atoms with Crippen LogP contribution in [0.4, 0.5) is 19.0 Å². The highest BCUT2D eigenvalue weighted by molar-refractivity contribution is 7.10. The lowest BCUT2D eigenvalue weighted by atomic mass is 10.0. The van der Waals surface area contributed by atoms with Gasteiger partial charge in [0.2, 0.25) is 0 Å². The first-order chi connectivity index (χ1) is 9.88. The second-order valence-electron chi connectivity index (χ2n) is 4.72. The van der Waals surface area contributed by atoms with Crippen LogP contribution in [-0.4, -0.2) is 21.9 Å². The number of hydrogen-bond acceptors (Lipinski definition) is 4. The molecule has 0 saturated carbocycles. The van der Waals surface area contributed by atoms with E-state index in [4.69, 9.17) is 5.73 Å². The summed E-state index contributed by atoms with van der Waals surface area (Å²) in [5, 5.41) is 8.41. The number of nitrogens with two attached hydrogens (primary N) is 1. The topological polar surface area (TPSA) is 72.9 Å². The number of anilines is 1. The molecule has 5 nitrogen and oxygen atoms in total. The van der Waals surface area contributed by atoms with Gasteiger partial charge in [0.1, 0.15) is 11.4 Å². The maximum Gasteiger partial charge on any atom is 0.410 e. The second-order valence-corrected chi connectivity index (χ2v) is 5.70. The van der Waals surface area contributed by atoms with Gasteiger partial charge in [-0.3, -0.25) is 4.79 Å². The Morgan fingerprint density at radius 1 is 1.52 bits per heavy atom. The van der Waals surface area contributed by atoms with Crippen LogP contribution in [0.25, 0.3) is 0 Å². The van der Waals surface area contributed by atoms with Crippen LogP contribution in [0.15, 0.2) is 23.7 Å². The standard InChI is InChI=1S/C12H11F3N4OS/c13-12(14,15)9-4-7(8-2-1-3-21-8)18-11-6(10(16)20)5-17-19(9)11/h1-3,5,7,9,18H,4H2,(H2,16,20)/t7-,9+/m0/s1. The average molecular weight is 316 g/mol. The van der Waals surface area contributed by atoms with Crippen molar-refractivity contribution in [2.24, 2.45) is 5.73 Å². The minimum Gasteiger partial charge on any atom is -0.365 e. The van der Waals surface area contributed by atoms with Crippen molar-refractivity contribution in [3.8, 4) is 0 Å². The Bertz CT molecular complexity index is 665. The highest BCUT2D eigenvalue weighted by Gasteiger charge is 2.47. The zero-order valence-corrected chi connectivity index (χ0v) is 11.4. The Morgan fingerprint density at radius 3 is 2.86 bits per heavy atom. The average Bonchev–Trinajstić information content (AvgIpc) is 3.05. The fraction of sp³-hybridized carbons (Fsp3) is 0.333. The normalized spacial score (nSPS) is 21.7. The van der Waals surface area contributed by atoms with Crippen LogP contribution in [0.1, 0.15) is 33.7 Å². The summed E-state index contributed by atoms with van der Waals surface area (Å²) in [6.45, 7) is 0. The summed E-state index contributed by atoms with van der Waals surface area (Å²) in [6, 6.07) is 1.21. The Balaban J connectivity index is 2.07. The van der Waals surface area contributed by atoms with Crippen molar-refractivity contribution in [1.29, 1.82) is 0 Å². The fourth-order valence-corrected chi connectivity index (χ4v) is 3.21. The van der Waals surface area contributed by atoms with E-state index in [1.807, 2.05) is 0 Å². The van der Waals surface area contributed by atoms with E-state index in [-0.39, 0.29) is 17.8 Å². The van der Waals surface area contributed by atoms with E-state index in [0.29, 0.717) is 0 Å². The summed E-state index contributed by atoms with van der Waals surface area (Å²) >= 11 is 1.36. The van der Waals surface area contributed by atoms with E-state index in [1.165, 1.54) is 11.3 Å². The molecule has 1 aliphatic heterocycles. The van der Waals surface area contributed by atoms with Gasteiger partial charge >= 0.3 is 6.18 Å². The van der Waals surface area contributed by atoms with Gasteiger partial charge in [0.15, 0.2) is 6.04 Å². The van der Waals surface area contributed by atoms with Crippen LogP contribution in [0.5, 0.6) is 0 Å². The van der Waals surface area contributed by atoms with Gasteiger partial charge in [0.25, 0.3) is 5.91 Å². The molecule has 0 aliphatic carbocycles. The Hall–Kier alpha value is -2.03. The van der Waals surface area contributed by atoms with Crippen molar-refractivity contribution in [2.45, 2.75) is 24.7 Å². The summed E-state index contributed by atoms with van der Waals surface area (Å²) in [5.41, 5.74) is 5.15. The smallest absolute Gasteiger partial charge is 0.365 e. The van der Waals surface area contributed by atoms with Crippen molar-refractivity contribution >= 4 is 23.1 Å². The largest absolute Gasteiger partial charge is 0.410 e. The van der Waals surface area contributed by atoms with Crippen LogP contribution in [-0.2, 0) is 0 Å². The number of aromatic nitrogens is 2. The Morgan fingerprint density at radius 2 is 2.29 bits per heavy atom. The number of hydrogen-bond donors (Lipinski definition) is 2. The van der Waals surface area contributed by atoms with E-state index in [1.54, 1.807) is 17.5 Å². The SMILES string of the molecule is NC(=O)c1cnn2c1N[C@H](c1cccs1)C[C@@H]2C(F)(F)F. The molecule has 0 saturated heterocycles. The van der Waals surface area contributed by atoms with Gasteiger partial charge in [-0.05, 0) is 11.4 Å². The number of carbonyl (C=O) groups excluding carboxylic acids is 1. The molecule has 2 atom stereocenters. The number of carbonyl (C=O) groups is 1. The number of nitrogens with zero attached hydrogens (tertiary/aromatic N) is 2. The Kier molecular flexibility index (Phi) is 3.16. The van der Waals surface area contributed by atoms with Gasteiger partial charge in [-0.1, -0.05) is 6.07 Å². The summed E-state index contributed by atoms with van der Waals surface area (Å²) in [4.78, 5) is 12.1. The van der Waals surface area contributed by atoms with Gasteiger partial charge < -0.3 is 11.1 Å². The number of nitrogens with one attached hydrogen (secondary N) is 1. The molecule has 0 spiro atoms. The van der Waals surface area contributed by atoms with Gasteiger partial charge in [-0.2, -0.15) is 18.3 Å². The molecule has 1 amide bonds. The molecule has 2 aromatic rings. The minimum absolute atomic E-state index is 0.0227. The fourth-order valence-electron chi connectivity index (χ4n) is 2.42. The van der Waals surface area contributed by atoms with Gasteiger partial charge in [0, 0.05) is 11.3 Å². The van der Waals surface area contributed by atoms with Gasteiger partial charge in [-0.15, -0.1) is 11.3 Å². The first-order valence-corrected chi connectivity index (χ1v) is 7.00. The molecule has 2 aromatic heterocycles. The van der Waals surface area contributed by atoms with Crippen molar-refractivity contribution in [2.75, 3.05) is 5.32 Å². The predicted molar refractivity (Wildman–Crippen MR) is 71.1 cm³/mol. The van der Waals surface area contributed by atoms with Crippen LogP contribution >= 0.6 is 11.3 Å². The van der Waals surface area contributed by atoms with Crippen molar-refractivity contribution < 1.29 is 18.0 Å². The molecule has 112 valence electrons. The monoisotopic (exact) mass is 316 g/mol. The molecule has 0 bridgehead atoms. The van der Waals surface area contributed by atoms with Gasteiger partial charge in [0.05, 0.1) is 12.2 Å². The van der Waals surface area contributed by atoms with E-state index >= 15 is 0 Å². The van der Waals surface area contributed by atoms with E-state index in [9.17, 15) is 18.0 Å². The molecule has 3 N–H and O–H groups in total. The lowest BCUT2D eigenvalue weighted by Crippen LogP contribution is -2.36. The quantitative estimate of drug-likeness (QED) is 0.894. The van der Waals surface area contributed by atoms with E-state index in [0.717, 1.165) is 15.8 Å². The molecule has 0 unspecified atom stereocenters. The van der Waals surface area contributed by atoms with Crippen molar-refractivity contribution in [3.63, 3.8) is 0 Å². The molecule has 3 rings (SSSR count). The third kappa shape index (κ3) is 2.37. The van der Waals surface area contributed by atoms with Crippen LogP contribution < -0.4 is 11.1 Å². The lowest BCUT2D eigenvalue weighted by Gasteiger charge is -2.33. The maximum atomic E-state index is 13.2. The zero-order chi connectivity index (χ0) is 15.2. The third-order valence-electron chi connectivity index (χ3n) is 3.39. The van der Waals surface area contributed by atoms with Crippen LogP contribution in [0, 0.1) is 0 Å². The highest BCUT2D eigenvalue weighted by Crippen LogP contribution is 2.44. The molecule has 3 heterocycles. The first-order valence-electron chi connectivity index (χ1n) is 6.12. The van der Waals surface area contributed by atoms with E-state index < -0.39 is 24.2 Å². The van der Waals surface area contributed by atoms with Crippen LogP contribution in [0.3, 0.4) is 0 Å². The third-order valence-corrected chi connectivity index (χ3v) is 4.38. The second kappa shape index (κ2) is 4.76. The van der Waals surface area contributed by atoms with E-state index in [2.05, 4.69) is 10.4 Å². The molecule has 0 fully saturated rings. The molecular weight excluding hydrogens is 305 g/mol. The van der Waals surface area contributed by atoms with Gasteiger partial charge in [-0.25, -0.2) is 4.68 Å². The Labute approximate surface area is 121 Å². The summed E-state index contributed by atoms with van der Waals surface area (Å²) in [7, 11) is 0. The number of rotatable bonds is 2. The minimum atomic E-state index is -4.45. The molecule has 1 aliphatic rings. The van der Waals surface area contributed by atoms with Crippen molar-refractivity contribution in [3.05, 3.63) is 34.2 Å². The molecular formula is C12H11F3N4OS. The highest BCUT2D eigenvalue weighted by atomic mass is 32.1. The predicted octanol–water partition coefficient (Wildman–Crippen LogP) is 2.70. The number of amides is 1. The number of fused-ring (bicyclic) bond motifs is 1. The number of primary amides is 1. The molecule has 0 aromatic carbocycles. The van der Waals surface area contributed by atoms with Crippen LogP contribution in [0.2, 0.25) is 0 Å².